The molecule has 2 rings (SSSR count). The number of carbonyl (C=O) groups excluding carboxylic acids is 2. The fraction of sp³-hybridized carbons (Fsp3) is 0.812. The van der Waals surface area contributed by atoms with Crippen molar-refractivity contribution in [3.05, 3.63) is 0 Å². The maximum Gasteiger partial charge on any atom is 0.326 e. The van der Waals surface area contributed by atoms with Crippen LogP contribution in [0, 0.1) is 11.8 Å². The van der Waals surface area contributed by atoms with E-state index in [1.54, 1.807) is 6.92 Å². The van der Waals surface area contributed by atoms with E-state index >= 15 is 0 Å². The summed E-state index contributed by atoms with van der Waals surface area (Å²) in [5, 5.41) is 12.1. The average Bonchev–Trinajstić information content (AvgIpc) is 3.00. The van der Waals surface area contributed by atoms with Gasteiger partial charge < -0.3 is 15.3 Å². The second-order valence-electron chi connectivity index (χ2n) is 6.73. The van der Waals surface area contributed by atoms with E-state index in [-0.39, 0.29) is 17.7 Å². The zero-order valence-corrected chi connectivity index (χ0v) is 13.4. The molecule has 1 heterocycles. The molecule has 2 amide bonds. The maximum atomic E-state index is 12.5. The number of nitrogens with one attached hydrogen (secondary N) is 1. The first-order valence-electron chi connectivity index (χ1n) is 8.23. The van der Waals surface area contributed by atoms with Crippen molar-refractivity contribution in [2.45, 2.75) is 64.5 Å². The lowest BCUT2D eigenvalue weighted by molar-refractivity contribution is -0.154. The molecule has 6 nitrogen and oxygen atoms in total. The molecule has 2 N–H and O–H groups in total. The second-order valence-corrected chi connectivity index (χ2v) is 6.73. The van der Waals surface area contributed by atoms with Gasteiger partial charge in [-0.1, -0.05) is 19.8 Å². The summed E-state index contributed by atoms with van der Waals surface area (Å²) in [5.74, 6) is -1.02. The normalized spacial score (nSPS) is 27.5. The number of piperidine rings is 1. The summed E-state index contributed by atoms with van der Waals surface area (Å²) in [5.41, 5.74) is 0. The summed E-state index contributed by atoms with van der Waals surface area (Å²) in [4.78, 5) is 37.4. The van der Waals surface area contributed by atoms with E-state index in [1.807, 2.05) is 6.92 Å². The molecule has 124 valence electrons. The highest BCUT2D eigenvalue weighted by atomic mass is 16.4. The summed E-state index contributed by atoms with van der Waals surface area (Å²) >= 11 is 0. The zero-order valence-electron chi connectivity index (χ0n) is 13.4. The van der Waals surface area contributed by atoms with Gasteiger partial charge in [0.2, 0.25) is 11.8 Å². The molecule has 1 saturated heterocycles. The van der Waals surface area contributed by atoms with Gasteiger partial charge in [0.15, 0.2) is 0 Å². The van der Waals surface area contributed by atoms with E-state index < -0.39 is 18.1 Å². The molecule has 3 atom stereocenters. The predicted molar refractivity (Wildman–Crippen MR) is 81.1 cm³/mol. The van der Waals surface area contributed by atoms with Crippen LogP contribution in [0.1, 0.15) is 52.4 Å². The van der Waals surface area contributed by atoms with Crippen molar-refractivity contribution in [1.82, 2.24) is 10.2 Å². The molecule has 6 heteroatoms. The Morgan fingerprint density at radius 1 is 1.18 bits per heavy atom. The number of hydrogen-bond donors (Lipinski definition) is 2. The highest BCUT2D eigenvalue weighted by Gasteiger charge is 2.37. The van der Waals surface area contributed by atoms with Crippen LogP contribution in [0.5, 0.6) is 0 Å². The van der Waals surface area contributed by atoms with Gasteiger partial charge in [0.1, 0.15) is 12.1 Å². The molecule has 0 bridgehead atoms. The maximum absolute atomic E-state index is 12.5. The molecule has 0 aromatic heterocycles. The highest BCUT2D eigenvalue weighted by Crippen LogP contribution is 2.26. The molecule has 2 fully saturated rings. The predicted octanol–water partition coefficient (Wildman–Crippen LogP) is 1.39. The van der Waals surface area contributed by atoms with E-state index in [0.717, 1.165) is 32.1 Å². The van der Waals surface area contributed by atoms with Crippen LogP contribution < -0.4 is 5.32 Å². The first kappa shape index (κ1) is 16.8. The van der Waals surface area contributed by atoms with Gasteiger partial charge in [0.25, 0.3) is 0 Å². The molecular formula is C16H26N2O4. The third-order valence-electron chi connectivity index (χ3n) is 4.89. The number of carbonyl (C=O) groups is 3. The van der Waals surface area contributed by atoms with Crippen molar-refractivity contribution in [2.24, 2.45) is 11.8 Å². The molecule has 0 radical (unpaired) electrons. The van der Waals surface area contributed by atoms with Gasteiger partial charge in [0.05, 0.1) is 0 Å². The number of likely N-dealkylation sites (tertiary alicyclic amines) is 1. The zero-order chi connectivity index (χ0) is 16.3. The minimum absolute atomic E-state index is 0.00639. The Morgan fingerprint density at radius 3 is 2.41 bits per heavy atom. The van der Waals surface area contributed by atoms with E-state index in [2.05, 4.69) is 5.32 Å². The Morgan fingerprint density at radius 2 is 1.82 bits per heavy atom. The molecule has 2 aliphatic rings. The van der Waals surface area contributed by atoms with Crippen LogP contribution in [0.25, 0.3) is 0 Å². The first-order chi connectivity index (χ1) is 10.4. The van der Waals surface area contributed by atoms with E-state index in [4.69, 9.17) is 0 Å². The van der Waals surface area contributed by atoms with Crippen molar-refractivity contribution >= 4 is 17.8 Å². The number of nitrogens with zero attached hydrogens (tertiary/aromatic N) is 1. The van der Waals surface area contributed by atoms with E-state index in [1.165, 1.54) is 4.90 Å². The molecule has 1 aliphatic carbocycles. The van der Waals surface area contributed by atoms with Crippen molar-refractivity contribution in [3.63, 3.8) is 0 Å². The number of aliphatic carboxylic acids is 1. The van der Waals surface area contributed by atoms with Crippen LogP contribution >= 0.6 is 0 Å². The summed E-state index contributed by atoms with van der Waals surface area (Å²) in [6.07, 6.45) is 5.16. The SMILES string of the molecule is CC1CCN(C(=O)C(C)NC(=O)C2CCCC2)C(C(=O)O)C1. The largest absolute Gasteiger partial charge is 0.480 e. The van der Waals surface area contributed by atoms with Crippen LogP contribution in [0.3, 0.4) is 0 Å². The molecular weight excluding hydrogens is 284 g/mol. The van der Waals surface area contributed by atoms with Crippen molar-refractivity contribution in [3.8, 4) is 0 Å². The fourth-order valence-corrected chi connectivity index (χ4v) is 3.47. The number of carboxylic acid groups (broad SMARTS) is 1. The van der Waals surface area contributed by atoms with Gasteiger partial charge in [-0.15, -0.1) is 0 Å². The summed E-state index contributed by atoms with van der Waals surface area (Å²) in [6, 6.07) is -1.44. The minimum Gasteiger partial charge on any atom is -0.480 e. The smallest absolute Gasteiger partial charge is 0.326 e. The number of amides is 2. The van der Waals surface area contributed by atoms with Crippen molar-refractivity contribution in [2.75, 3.05) is 6.54 Å². The van der Waals surface area contributed by atoms with Gasteiger partial charge in [-0.3, -0.25) is 9.59 Å². The Labute approximate surface area is 131 Å². The number of carboxylic acids is 1. The van der Waals surface area contributed by atoms with Crippen LogP contribution in [-0.2, 0) is 14.4 Å². The Balaban J connectivity index is 1.96. The second kappa shape index (κ2) is 7.11. The molecule has 0 aromatic rings. The molecule has 1 saturated carbocycles. The van der Waals surface area contributed by atoms with Crippen LogP contribution in [0.4, 0.5) is 0 Å². The van der Waals surface area contributed by atoms with Crippen molar-refractivity contribution < 1.29 is 19.5 Å². The molecule has 3 unspecified atom stereocenters. The molecule has 1 aliphatic heterocycles. The van der Waals surface area contributed by atoms with Crippen LogP contribution in [-0.4, -0.2) is 46.4 Å². The van der Waals surface area contributed by atoms with Gasteiger partial charge in [0, 0.05) is 12.5 Å². The lowest BCUT2D eigenvalue weighted by Crippen LogP contribution is -2.56. The highest BCUT2D eigenvalue weighted by molar-refractivity contribution is 5.90. The van der Waals surface area contributed by atoms with Crippen molar-refractivity contribution in [1.29, 1.82) is 0 Å². The van der Waals surface area contributed by atoms with Gasteiger partial charge in [-0.05, 0) is 38.5 Å². The third-order valence-corrected chi connectivity index (χ3v) is 4.89. The van der Waals surface area contributed by atoms with E-state index in [0.29, 0.717) is 18.9 Å². The molecule has 0 spiro atoms. The fourth-order valence-electron chi connectivity index (χ4n) is 3.47. The summed E-state index contributed by atoms with van der Waals surface area (Å²) in [6.45, 7) is 4.09. The first-order valence-corrected chi connectivity index (χ1v) is 8.23. The molecule has 0 aromatic carbocycles. The van der Waals surface area contributed by atoms with Crippen LogP contribution in [0.15, 0.2) is 0 Å². The lowest BCUT2D eigenvalue weighted by atomic mass is 9.92. The van der Waals surface area contributed by atoms with Gasteiger partial charge in [-0.2, -0.15) is 0 Å². The average molecular weight is 310 g/mol. The quantitative estimate of drug-likeness (QED) is 0.821. The Bertz CT molecular complexity index is 445. The van der Waals surface area contributed by atoms with Crippen LogP contribution in [0.2, 0.25) is 0 Å². The van der Waals surface area contributed by atoms with Gasteiger partial charge in [-0.25, -0.2) is 4.79 Å². The standard InChI is InChI=1S/C16H26N2O4/c1-10-7-8-18(13(9-10)16(21)22)15(20)11(2)17-14(19)12-5-3-4-6-12/h10-13H,3-9H2,1-2H3,(H,17,19)(H,21,22). The molecule has 22 heavy (non-hydrogen) atoms. The van der Waals surface area contributed by atoms with Gasteiger partial charge >= 0.3 is 5.97 Å². The lowest BCUT2D eigenvalue weighted by Gasteiger charge is -2.37. The topological polar surface area (TPSA) is 86.7 Å². The Hall–Kier alpha value is -1.59. The monoisotopic (exact) mass is 310 g/mol. The Kier molecular flexibility index (Phi) is 5.42. The number of rotatable bonds is 4. The number of hydrogen-bond acceptors (Lipinski definition) is 3. The summed E-state index contributed by atoms with van der Waals surface area (Å²) in [7, 11) is 0. The summed E-state index contributed by atoms with van der Waals surface area (Å²) < 4.78 is 0. The minimum atomic E-state index is -0.964. The third kappa shape index (κ3) is 3.78. The van der Waals surface area contributed by atoms with E-state index in [9.17, 15) is 19.5 Å².